The SMILES string of the molecule is CCCC(NC(C)Cc1cccc(Cl)c1)C(=O)O. The zero-order valence-corrected chi connectivity index (χ0v) is 11.6. The molecule has 0 radical (unpaired) electrons. The molecule has 0 saturated heterocycles. The second-order valence-electron chi connectivity index (χ2n) is 4.58. The largest absolute Gasteiger partial charge is 0.480 e. The molecule has 0 fully saturated rings. The molecule has 1 rings (SSSR count). The van der Waals surface area contributed by atoms with E-state index < -0.39 is 12.0 Å². The number of aliphatic carboxylic acids is 1. The van der Waals surface area contributed by atoms with Gasteiger partial charge in [-0.3, -0.25) is 4.79 Å². The van der Waals surface area contributed by atoms with E-state index in [1.165, 1.54) is 0 Å². The molecule has 1 aromatic rings. The number of carboxylic acid groups (broad SMARTS) is 1. The van der Waals surface area contributed by atoms with Crippen molar-refractivity contribution < 1.29 is 9.90 Å². The van der Waals surface area contributed by atoms with Gasteiger partial charge >= 0.3 is 5.97 Å². The van der Waals surface area contributed by atoms with Crippen LogP contribution in [-0.2, 0) is 11.2 Å². The summed E-state index contributed by atoms with van der Waals surface area (Å²) >= 11 is 5.92. The third-order valence-electron chi connectivity index (χ3n) is 2.79. The lowest BCUT2D eigenvalue weighted by Gasteiger charge is -2.19. The van der Waals surface area contributed by atoms with Gasteiger partial charge in [0.15, 0.2) is 0 Å². The van der Waals surface area contributed by atoms with Crippen molar-refractivity contribution in [2.75, 3.05) is 0 Å². The van der Waals surface area contributed by atoms with E-state index in [9.17, 15) is 4.79 Å². The van der Waals surface area contributed by atoms with Gasteiger partial charge in [-0.05, 0) is 37.5 Å². The minimum absolute atomic E-state index is 0.108. The van der Waals surface area contributed by atoms with E-state index in [2.05, 4.69) is 5.32 Å². The molecule has 0 aliphatic carbocycles. The predicted molar refractivity (Wildman–Crippen MR) is 74.1 cm³/mol. The van der Waals surface area contributed by atoms with Crippen LogP contribution in [0.25, 0.3) is 0 Å². The summed E-state index contributed by atoms with van der Waals surface area (Å²) in [6, 6.07) is 7.29. The molecular formula is C14H20ClNO2. The maximum absolute atomic E-state index is 11.0. The van der Waals surface area contributed by atoms with Crippen molar-refractivity contribution in [2.45, 2.75) is 45.2 Å². The number of halogens is 1. The molecule has 0 aromatic heterocycles. The first-order valence-corrected chi connectivity index (χ1v) is 6.64. The Morgan fingerprint density at radius 3 is 2.78 bits per heavy atom. The van der Waals surface area contributed by atoms with E-state index in [4.69, 9.17) is 16.7 Å². The maximum atomic E-state index is 11.0. The number of carbonyl (C=O) groups is 1. The van der Waals surface area contributed by atoms with Crippen molar-refractivity contribution in [3.05, 3.63) is 34.9 Å². The first kappa shape index (κ1) is 15.0. The highest BCUT2D eigenvalue weighted by molar-refractivity contribution is 6.30. The van der Waals surface area contributed by atoms with Gasteiger partial charge in [-0.25, -0.2) is 0 Å². The standard InChI is InChI=1S/C14H20ClNO2/c1-3-5-13(14(17)18)16-10(2)8-11-6-4-7-12(15)9-11/h4,6-7,9-10,13,16H,3,5,8H2,1-2H3,(H,17,18). The van der Waals surface area contributed by atoms with E-state index in [1.807, 2.05) is 38.1 Å². The first-order valence-electron chi connectivity index (χ1n) is 6.26. The summed E-state index contributed by atoms with van der Waals surface area (Å²) in [6.07, 6.45) is 2.27. The summed E-state index contributed by atoms with van der Waals surface area (Å²) in [5.74, 6) is -0.783. The molecule has 100 valence electrons. The zero-order valence-electron chi connectivity index (χ0n) is 10.8. The number of hydrogen-bond donors (Lipinski definition) is 2. The minimum Gasteiger partial charge on any atom is -0.480 e. The minimum atomic E-state index is -0.783. The van der Waals surface area contributed by atoms with E-state index in [0.717, 1.165) is 18.4 Å². The zero-order chi connectivity index (χ0) is 13.5. The summed E-state index contributed by atoms with van der Waals surface area (Å²) < 4.78 is 0. The van der Waals surface area contributed by atoms with Crippen LogP contribution in [0.5, 0.6) is 0 Å². The van der Waals surface area contributed by atoms with Gasteiger partial charge < -0.3 is 10.4 Å². The van der Waals surface area contributed by atoms with Crippen LogP contribution in [0.4, 0.5) is 0 Å². The number of benzene rings is 1. The fourth-order valence-corrected chi connectivity index (χ4v) is 2.20. The van der Waals surface area contributed by atoms with Gasteiger partial charge in [0.2, 0.25) is 0 Å². The van der Waals surface area contributed by atoms with E-state index in [-0.39, 0.29) is 6.04 Å². The molecule has 0 spiro atoms. The topological polar surface area (TPSA) is 49.3 Å². The lowest BCUT2D eigenvalue weighted by Crippen LogP contribution is -2.42. The summed E-state index contributed by atoms with van der Waals surface area (Å²) in [7, 11) is 0. The number of carboxylic acids is 1. The fourth-order valence-electron chi connectivity index (χ4n) is 1.99. The molecule has 2 N–H and O–H groups in total. The highest BCUT2D eigenvalue weighted by atomic mass is 35.5. The van der Waals surface area contributed by atoms with Crippen molar-refractivity contribution in [1.82, 2.24) is 5.32 Å². The fraction of sp³-hybridized carbons (Fsp3) is 0.500. The highest BCUT2D eigenvalue weighted by Crippen LogP contribution is 2.12. The predicted octanol–water partition coefficient (Wildman–Crippen LogP) is 3.11. The molecular weight excluding hydrogens is 250 g/mol. The lowest BCUT2D eigenvalue weighted by molar-refractivity contribution is -0.139. The molecule has 0 aliphatic rings. The second kappa shape index (κ2) is 7.39. The molecule has 3 nitrogen and oxygen atoms in total. The summed E-state index contributed by atoms with van der Waals surface area (Å²) in [4.78, 5) is 11.0. The monoisotopic (exact) mass is 269 g/mol. The third kappa shape index (κ3) is 5.07. The molecule has 0 bridgehead atoms. The molecule has 0 amide bonds. The number of hydrogen-bond acceptors (Lipinski definition) is 2. The van der Waals surface area contributed by atoms with Gasteiger partial charge in [0.05, 0.1) is 0 Å². The van der Waals surface area contributed by atoms with Gasteiger partial charge in [-0.1, -0.05) is 37.1 Å². The Balaban J connectivity index is 2.54. The first-order chi connectivity index (χ1) is 8.52. The van der Waals surface area contributed by atoms with Crippen LogP contribution in [0.1, 0.15) is 32.3 Å². The third-order valence-corrected chi connectivity index (χ3v) is 3.03. The van der Waals surface area contributed by atoms with Gasteiger partial charge in [-0.15, -0.1) is 0 Å². The van der Waals surface area contributed by atoms with Crippen molar-refractivity contribution in [3.8, 4) is 0 Å². The van der Waals surface area contributed by atoms with Crippen molar-refractivity contribution in [1.29, 1.82) is 0 Å². The molecule has 18 heavy (non-hydrogen) atoms. The lowest BCUT2D eigenvalue weighted by atomic mass is 10.1. The summed E-state index contributed by atoms with van der Waals surface area (Å²) in [6.45, 7) is 3.98. The normalized spacial score (nSPS) is 14.2. The van der Waals surface area contributed by atoms with Gasteiger partial charge in [0.25, 0.3) is 0 Å². The van der Waals surface area contributed by atoms with Gasteiger partial charge in [0.1, 0.15) is 6.04 Å². The average molecular weight is 270 g/mol. The van der Waals surface area contributed by atoms with Crippen LogP contribution in [0.3, 0.4) is 0 Å². The molecule has 2 unspecified atom stereocenters. The molecule has 4 heteroatoms. The Hall–Kier alpha value is -1.06. The second-order valence-corrected chi connectivity index (χ2v) is 5.02. The van der Waals surface area contributed by atoms with Gasteiger partial charge in [0, 0.05) is 11.1 Å². The molecule has 1 aromatic carbocycles. The molecule has 2 atom stereocenters. The van der Waals surface area contributed by atoms with Crippen LogP contribution in [0, 0.1) is 0 Å². The molecule has 0 aliphatic heterocycles. The van der Waals surface area contributed by atoms with Crippen molar-refractivity contribution in [2.24, 2.45) is 0 Å². The van der Waals surface area contributed by atoms with Crippen LogP contribution < -0.4 is 5.32 Å². The summed E-state index contributed by atoms with van der Waals surface area (Å²) in [5, 5.41) is 12.9. The Morgan fingerprint density at radius 2 is 2.22 bits per heavy atom. The Bertz CT molecular complexity index is 395. The smallest absolute Gasteiger partial charge is 0.320 e. The Morgan fingerprint density at radius 1 is 1.50 bits per heavy atom. The number of nitrogens with one attached hydrogen (secondary N) is 1. The maximum Gasteiger partial charge on any atom is 0.320 e. The quantitative estimate of drug-likeness (QED) is 0.800. The highest BCUT2D eigenvalue weighted by Gasteiger charge is 2.18. The van der Waals surface area contributed by atoms with Crippen molar-refractivity contribution in [3.63, 3.8) is 0 Å². The van der Waals surface area contributed by atoms with Gasteiger partial charge in [-0.2, -0.15) is 0 Å². The van der Waals surface area contributed by atoms with E-state index in [0.29, 0.717) is 11.4 Å². The van der Waals surface area contributed by atoms with Crippen LogP contribution in [0.2, 0.25) is 5.02 Å². The van der Waals surface area contributed by atoms with Crippen molar-refractivity contribution >= 4 is 17.6 Å². The molecule has 0 heterocycles. The Labute approximate surface area is 113 Å². The van der Waals surface area contributed by atoms with Crippen LogP contribution in [-0.4, -0.2) is 23.2 Å². The van der Waals surface area contributed by atoms with Crippen LogP contribution >= 0.6 is 11.6 Å². The van der Waals surface area contributed by atoms with E-state index in [1.54, 1.807) is 0 Å². The average Bonchev–Trinajstić information content (AvgIpc) is 2.28. The van der Waals surface area contributed by atoms with E-state index >= 15 is 0 Å². The number of rotatable bonds is 7. The summed E-state index contributed by atoms with van der Waals surface area (Å²) in [5.41, 5.74) is 1.11. The molecule has 0 saturated carbocycles. The Kier molecular flexibility index (Phi) is 6.16. The van der Waals surface area contributed by atoms with Crippen LogP contribution in [0.15, 0.2) is 24.3 Å².